The van der Waals surface area contributed by atoms with Gasteiger partial charge in [0.25, 0.3) is 5.91 Å². The molecule has 1 unspecified atom stereocenters. The molecule has 0 aromatic heterocycles. The van der Waals surface area contributed by atoms with E-state index in [4.69, 9.17) is 4.74 Å². The van der Waals surface area contributed by atoms with Gasteiger partial charge in [0.2, 0.25) is 5.91 Å². The summed E-state index contributed by atoms with van der Waals surface area (Å²) in [4.78, 5) is 37.0. The minimum absolute atomic E-state index is 0.00607. The summed E-state index contributed by atoms with van der Waals surface area (Å²) in [6.45, 7) is -1.74. The fraction of sp³-hybridized carbons (Fsp3) is 0.238. The zero-order valence-electron chi connectivity index (χ0n) is 16.5. The number of esters is 1. The average molecular weight is 431 g/mol. The minimum atomic E-state index is -3.06. The third-order valence-electron chi connectivity index (χ3n) is 4.28. The Labute approximate surface area is 176 Å². The fourth-order valence-corrected chi connectivity index (χ4v) is 2.76. The van der Waals surface area contributed by atoms with Gasteiger partial charge in [-0.15, -0.1) is 0 Å². The number of hydrazone groups is 1. The van der Waals surface area contributed by atoms with Gasteiger partial charge < -0.3 is 14.8 Å². The van der Waals surface area contributed by atoms with Gasteiger partial charge in [0.05, 0.1) is 11.4 Å². The van der Waals surface area contributed by atoms with E-state index in [-0.39, 0.29) is 35.9 Å². The maximum atomic E-state index is 12.5. The van der Waals surface area contributed by atoms with Gasteiger partial charge in [-0.3, -0.25) is 9.59 Å². The SMILES string of the molecule is CC(OC(=O)C1=NN(c2ccccc2)C(=O)CC1)C(=O)Nc1ccccc1OC(F)F. The van der Waals surface area contributed by atoms with E-state index in [1.54, 1.807) is 30.3 Å². The number of anilines is 2. The molecule has 8 nitrogen and oxygen atoms in total. The molecule has 0 radical (unpaired) electrons. The number of nitrogens with zero attached hydrogens (tertiary/aromatic N) is 2. The second-order valence-corrected chi connectivity index (χ2v) is 6.50. The Balaban J connectivity index is 1.66. The van der Waals surface area contributed by atoms with E-state index in [9.17, 15) is 23.2 Å². The number of nitrogens with one attached hydrogen (secondary N) is 1. The second kappa shape index (κ2) is 9.79. The van der Waals surface area contributed by atoms with Gasteiger partial charge >= 0.3 is 12.6 Å². The summed E-state index contributed by atoms with van der Waals surface area (Å²) in [6, 6.07) is 14.2. The van der Waals surface area contributed by atoms with Crippen LogP contribution in [0.2, 0.25) is 0 Å². The van der Waals surface area contributed by atoms with Crippen LogP contribution in [0, 0.1) is 0 Å². The first-order valence-electron chi connectivity index (χ1n) is 9.36. The topological polar surface area (TPSA) is 97.3 Å². The van der Waals surface area contributed by atoms with Crippen LogP contribution in [-0.2, 0) is 19.1 Å². The van der Waals surface area contributed by atoms with E-state index >= 15 is 0 Å². The lowest BCUT2D eigenvalue weighted by molar-refractivity contribution is -0.146. The van der Waals surface area contributed by atoms with Crippen LogP contribution in [-0.4, -0.2) is 36.2 Å². The van der Waals surface area contributed by atoms with Crippen molar-refractivity contribution >= 4 is 34.9 Å². The molecule has 10 heteroatoms. The molecule has 1 aliphatic rings. The third-order valence-corrected chi connectivity index (χ3v) is 4.28. The van der Waals surface area contributed by atoms with Crippen LogP contribution in [0.25, 0.3) is 0 Å². The highest BCUT2D eigenvalue weighted by molar-refractivity contribution is 6.38. The summed E-state index contributed by atoms with van der Waals surface area (Å²) >= 11 is 0. The number of carbonyl (C=O) groups is 3. The zero-order chi connectivity index (χ0) is 22.4. The van der Waals surface area contributed by atoms with E-state index in [0.717, 1.165) is 5.01 Å². The van der Waals surface area contributed by atoms with Crippen molar-refractivity contribution in [2.24, 2.45) is 5.10 Å². The van der Waals surface area contributed by atoms with E-state index in [2.05, 4.69) is 15.2 Å². The molecule has 31 heavy (non-hydrogen) atoms. The van der Waals surface area contributed by atoms with Gasteiger partial charge in [0.1, 0.15) is 11.5 Å². The number of hydrogen-bond donors (Lipinski definition) is 1. The molecule has 0 saturated carbocycles. The third kappa shape index (κ3) is 5.62. The van der Waals surface area contributed by atoms with E-state index < -0.39 is 24.6 Å². The molecule has 1 N–H and O–H groups in total. The maximum Gasteiger partial charge on any atom is 0.387 e. The van der Waals surface area contributed by atoms with Gasteiger partial charge in [-0.2, -0.15) is 13.9 Å². The molecule has 2 aromatic rings. The van der Waals surface area contributed by atoms with Crippen LogP contribution in [0.15, 0.2) is 59.7 Å². The molecule has 0 aliphatic carbocycles. The first-order valence-corrected chi connectivity index (χ1v) is 9.36. The number of carbonyl (C=O) groups excluding carboxylic acids is 3. The Kier molecular flexibility index (Phi) is 6.91. The summed E-state index contributed by atoms with van der Waals surface area (Å²) in [5.74, 6) is -2.10. The highest BCUT2D eigenvalue weighted by atomic mass is 19.3. The molecule has 1 heterocycles. The van der Waals surface area contributed by atoms with Crippen molar-refractivity contribution in [2.75, 3.05) is 10.3 Å². The number of para-hydroxylation sites is 3. The molecule has 0 saturated heterocycles. The van der Waals surface area contributed by atoms with Crippen molar-refractivity contribution in [1.82, 2.24) is 0 Å². The number of benzene rings is 2. The monoisotopic (exact) mass is 431 g/mol. The number of hydrogen-bond acceptors (Lipinski definition) is 6. The largest absolute Gasteiger partial charge is 0.448 e. The Morgan fingerprint density at radius 3 is 2.45 bits per heavy atom. The summed E-state index contributed by atoms with van der Waals surface area (Å²) in [7, 11) is 0. The lowest BCUT2D eigenvalue weighted by Crippen LogP contribution is -2.37. The Bertz CT molecular complexity index is 998. The molecular weight excluding hydrogens is 412 g/mol. The summed E-state index contributed by atoms with van der Waals surface area (Å²) in [5, 5.41) is 7.57. The van der Waals surface area contributed by atoms with Crippen molar-refractivity contribution in [3.63, 3.8) is 0 Å². The van der Waals surface area contributed by atoms with E-state index in [1.807, 2.05) is 0 Å². The van der Waals surface area contributed by atoms with E-state index in [0.29, 0.717) is 5.69 Å². The summed E-state index contributed by atoms with van der Waals surface area (Å²) in [6.07, 6.45) is -1.13. The molecule has 1 atom stereocenters. The van der Waals surface area contributed by atoms with Crippen molar-refractivity contribution < 1.29 is 32.6 Å². The molecule has 162 valence electrons. The maximum absolute atomic E-state index is 12.5. The van der Waals surface area contributed by atoms with Crippen LogP contribution in [0.3, 0.4) is 0 Å². The van der Waals surface area contributed by atoms with Crippen molar-refractivity contribution in [3.8, 4) is 5.75 Å². The van der Waals surface area contributed by atoms with Crippen LogP contribution in [0.4, 0.5) is 20.2 Å². The molecule has 3 rings (SSSR count). The number of amides is 2. The first kappa shape index (κ1) is 21.9. The Hall–Kier alpha value is -3.82. The van der Waals surface area contributed by atoms with E-state index in [1.165, 1.54) is 31.2 Å². The first-order chi connectivity index (χ1) is 14.8. The van der Waals surface area contributed by atoms with Crippen LogP contribution < -0.4 is 15.1 Å². The van der Waals surface area contributed by atoms with Crippen LogP contribution in [0.5, 0.6) is 5.75 Å². The number of alkyl halides is 2. The van der Waals surface area contributed by atoms with Gasteiger partial charge in [-0.1, -0.05) is 30.3 Å². The lowest BCUT2D eigenvalue weighted by atomic mass is 10.1. The summed E-state index contributed by atoms with van der Waals surface area (Å²) in [5.41, 5.74) is 0.495. The van der Waals surface area contributed by atoms with Gasteiger partial charge in [0.15, 0.2) is 6.10 Å². The van der Waals surface area contributed by atoms with Crippen LogP contribution in [0.1, 0.15) is 19.8 Å². The predicted molar refractivity (Wildman–Crippen MR) is 108 cm³/mol. The van der Waals surface area contributed by atoms with Gasteiger partial charge in [-0.25, -0.2) is 9.80 Å². The number of rotatable bonds is 7. The molecular formula is C21H19F2N3O5. The minimum Gasteiger partial charge on any atom is -0.448 e. The lowest BCUT2D eigenvalue weighted by Gasteiger charge is -2.23. The molecule has 2 amide bonds. The van der Waals surface area contributed by atoms with Crippen molar-refractivity contribution in [2.45, 2.75) is 32.5 Å². The molecule has 0 spiro atoms. The summed E-state index contributed by atoms with van der Waals surface area (Å²) < 4.78 is 34.5. The van der Waals surface area contributed by atoms with Gasteiger partial charge in [0, 0.05) is 12.8 Å². The number of ether oxygens (including phenoxy) is 2. The quantitative estimate of drug-likeness (QED) is 0.679. The molecule has 0 bridgehead atoms. The second-order valence-electron chi connectivity index (χ2n) is 6.50. The van der Waals surface area contributed by atoms with Crippen molar-refractivity contribution in [1.29, 1.82) is 0 Å². The van der Waals surface area contributed by atoms with Crippen molar-refractivity contribution in [3.05, 3.63) is 54.6 Å². The standard InChI is InChI=1S/C21H19F2N3O5/c1-13(19(28)24-15-9-5-6-10-17(15)31-21(22)23)30-20(29)16-11-12-18(27)26(25-16)14-7-3-2-4-8-14/h2-10,13,21H,11-12H2,1H3,(H,24,28). The van der Waals surface area contributed by atoms with Crippen LogP contribution >= 0.6 is 0 Å². The molecule has 1 aliphatic heterocycles. The fourth-order valence-electron chi connectivity index (χ4n) is 2.76. The Morgan fingerprint density at radius 1 is 1.06 bits per heavy atom. The van der Waals surface area contributed by atoms with Gasteiger partial charge in [-0.05, 0) is 31.2 Å². The Morgan fingerprint density at radius 2 is 1.74 bits per heavy atom. The highest BCUT2D eigenvalue weighted by Gasteiger charge is 2.29. The smallest absolute Gasteiger partial charge is 0.387 e. The number of halogens is 2. The molecule has 2 aromatic carbocycles. The average Bonchev–Trinajstić information content (AvgIpc) is 2.75. The highest BCUT2D eigenvalue weighted by Crippen LogP contribution is 2.26. The molecule has 0 fully saturated rings. The normalized spacial score (nSPS) is 14.6. The predicted octanol–water partition coefficient (Wildman–Crippen LogP) is 3.34. The zero-order valence-corrected chi connectivity index (χ0v) is 16.5.